The van der Waals surface area contributed by atoms with E-state index in [1.54, 1.807) is 0 Å². The highest BCUT2D eigenvalue weighted by Gasteiger charge is 2.43. The first-order valence-corrected chi connectivity index (χ1v) is 8.39. The molecule has 0 saturated carbocycles. The molecule has 0 aliphatic carbocycles. The molecular formula is C16H27N3O2. The number of hydrogen-bond acceptors (Lipinski definition) is 5. The van der Waals surface area contributed by atoms with Gasteiger partial charge in [0.1, 0.15) is 0 Å². The lowest BCUT2D eigenvalue weighted by Gasteiger charge is -2.44. The predicted molar refractivity (Wildman–Crippen MR) is 82.2 cm³/mol. The molecule has 0 aromatic carbocycles. The average molecular weight is 293 g/mol. The molecule has 0 aromatic heterocycles. The van der Waals surface area contributed by atoms with Crippen LogP contribution in [0.15, 0.2) is 4.99 Å². The molecule has 0 bridgehead atoms. The Morgan fingerprint density at radius 3 is 2.86 bits per heavy atom. The van der Waals surface area contributed by atoms with Crippen LogP contribution in [-0.4, -0.2) is 47.6 Å². The van der Waals surface area contributed by atoms with Crippen molar-refractivity contribution in [1.82, 2.24) is 10.2 Å². The van der Waals surface area contributed by atoms with Crippen molar-refractivity contribution in [3.05, 3.63) is 0 Å². The van der Waals surface area contributed by atoms with Crippen molar-refractivity contribution in [2.75, 3.05) is 6.61 Å². The van der Waals surface area contributed by atoms with E-state index in [-0.39, 0.29) is 5.97 Å². The summed E-state index contributed by atoms with van der Waals surface area (Å²) in [5.74, 6) is 0.971. The summed E-state index contributed by atoms with van der Waals surface area (Å²) in [4.78, 5) is 18.2. The van der Waals surface area contributed by atoms with Crippen LogP contribution in [0.3, 0.4) is 0 Å². The Hall–Kier alpha value is -1.26. The molecule has 118 valence electrons. The lowest BCUT2D eigenvalue weighted by atomic mass is 9.98. The maximum atomic E-state index is 10.7. The highest BCUT2D eigenvalue weighted by molar-refractivity contribution is 5.83. The molecular weight excluding hydrogens is 266 g/mol. The molecule has 3 heterocycles. The van der Waals surface area contributed by atoms with E-state index in [4.69, 9.17) is 9.73 Å². The van der Waals surface area contributed by atoms with Crippen molar-refractivity contribution in [3.8, 4) is 0 Å². The van der Waals surface area contributed by atoms with Crippen molar-refractivity contribution in [1.29, 1.82) is 0 Å². The van der Waals surface area contributed by atoms with Gasteiger partial charge in [0.05, 0.1) is 12.6 Å². The van der Waals surface area contributed by atoms with E-state index in [1.165, 1.54) is 32.6 Å². The van der Waals surface area contributed by atoms with Gasteiger partial charge in [-0.2, -0.15) is 0 Å². The number of ether oxygens (including phenoxy) is 1. The predicted octanol–water partition coefficient (Wildman–Crippen LogP) is 2.06. The third kappa shape index (κ3) is 3.33. The molecule has 3 aliphatic rings. The maximum absolute atomic E-state index is 10.7. The quantitative estimate of drug-likeness (QED) is 0.623. The van der Waals surface area contributed by atoms with E-state index in [2.05, 4.69) is 17.1 Å². The first-order valence-electron chi connectivity index (χ1n) is 8.39. The number of nitrogens with one attached hydrogen (secondary N) is 1. The summed E-state index contributed by atoms with van der Waals surface area (Å²) in [7, 11) is 0. The van der Waals surface area contributed by atoms with Gasteiger partial charge in [-0.05, 0) is 51.9 Å². The van der Waals surface area contributed by atoms with Crippen molar-refractivity contribution in [3.63, 3.8) is 0 Å². The number of guanidine groups is 1. The van der Waals surface area contributed by atoms with Crippen molar-refractivity contribution >= 4 is 11.9 Å². The van der Waals surface area contributed by atoms with E-state index in [0.717, 1.165) is 31.3 Å². The summed E-state index contributed by atoms with van der Waals surface area (Å²) in [5, 5.41) is 3.57. The topological polar surface area (TPSA) is 53.9 Å². The zero-order valence-corrected chi connectivity index (χ0v) is 13.2. The zero-order chi connectivity index (χ0) is 14.8. The summed E-state index contributed by atoms with van der Waals surface area (Å²) in [6.07, 6.45) is 8.24. The molecule has 4 atom stereocenters. The zero-order valence-electron chi connectivity index (χ0n) is 13.2. The second-order valence-corrected chi connectivity index (χ2v) is 6.75. The van der Waals surface area contributed by atoms with Crippen LogP contribution in [0.4, 0.5) is 0 Å². The Labute approximate surface area is 127 Å². The number of carbonyl (C=O) groups excluding carboxylic acids is 1. The van der Waals surface area contributed by atoms with Crippen LogP contribution in [-0.2, 0) is 9.53 Å². The Morgan fingerprint density at radius 2 is 2.10 bits per heavy atom. The number of carbonyl (C=O) groups is 1. The molecule has 1 N–H and O–H groups in total. The Balaban J connectivity index is 1.51. The fraction of sp³-hybridized carbons (Fsp3) is 0.875. The van der Waals surface area contributed by atoms with Crippen LogP contribution in [0.2, 0.25) is 0 Å². The summed E-state index contributed by atoms with van der Waals surface area (Å²) in [6, 6.07) is 2.40. The monoisotopic (exact) mass is 293 g/mol. The van der Waals surface area contributed by atoms with Gasteiger partial charge in [0.15, 0.2) is 5.96 Å². The van der Waals surface area contributed by atoms with Crippen LogP contribution in [0.25, 0.3) is 0 Å². The molecule has 3 aliphatic heterocycles. The lowest BCUT2D eigenvalue weighted by Crippen LogP contribution is -2.59. The largest absolute Gasteiger partial charge is 0.466 e. The molecule has 5 heteroatoms. The van der Waals surface area contributed by atoms with E-state index >= 15 is 0 Å². The van der Waals surface area contributed by atoms with E-state index in [1.807, 2.05) is 0 Å². The number of esters is 1. The SMILES string of the molecule is CC(=O)OCCCC[C@H]1C[C@H]2CC[C@H]3C[C@@H](C)NC(=N1)N23. The van der Waals surface area contributed by atoms with Gasteiger partial charge in [0.25, 0.3) is 0 Å². The second-order valence-electron chi connectivity index (χ2n) is 6.75. The second kappa shape index (κ2) is 6.24. The number of hydrogen-bond donors (Lipinski definition) is 1. The molecule has 2 saturated heterocycles. The third-order valence-electron chi connectivity index (χ3n) is 4.95. The molecule has 3 rings (SSSR count). The van der Waals surface area contributed by atoms with Gasteiger partial charge in [-0.15, -0.1) is 0 Å². The fourth-order valence-corrected chi connectivity index (χ4v) is 4.06. The van der Waals surface area contributed by atoms with Crippen molar-refractivity contribution in [2.45, 2.75) is 83.0 Å². The first kappa shape index (κ1) is 14.7. The highest BCUT2D eigenvalue weighted by Crippen LogP contribution is 2.36. The van der Waals surface area contributed by atoms with Crippen molar-refractivity contribution < 1.29 is 9.53 Å². The maximum Gasteiger partial charge on any atom is 0.302 e. The molecule has 0 unspecified atom stereocenters. The fourth-order valence-electron chi connectivity index (χ4n) is 4.06. The molecule has 0 spiro atoms. The molecule has 5 nitrogen and oxygen atoms in total. The standard InChI is InChI=1S/C16H27N3O2/c1-11-9-14-6-7-15-10-13(18-16(17-11)19(14)15)5-3-4-8-21-12(2)20/h11,13-15H,3-10H2,1-2H3,(H,17,18)/t11-,13+,14+,15-/m1/s1. The van der Waals surface area contributed by atoms with Gasteiger partial charge in [-0.3, -0.25) is 4.79 Å². The summed E-state index contributed by atoms with van der Waals surface area (Å²) >= 11 is 0. The van der Waals surface area contributed by atoms with Crippen LogP contribution in [0, 0.1) is 0 Å². The average Bonchev–Trinajstić information content (AvgIpc) is 2.82. The van der Waals surface area contributed by atoms with Gasteiger partial charge in [0, 0.05) is 25.0 Å². The van der Waals surface area contributed by atoms with Gasteiger partial charge in [-0.1, -0.05) is 0 Å². The molecule has 21 heavy (non-hydrogen) atoms. The smallest absolute Gasteiger partial charge is 0.302 e. The summed E-state index contributed by atoms with van der Waals surface area (Å²) in [6.45, 7) is 4.27. The number of unbranched alkanes of at least 4 members (excludes halogenated alkanes) is 1. The molecule has 0 aromatic rings. The number of nitrogens with zero attached hydrogens (tertiary/aromatic N) is 2. The molecule has 0 radical (unpaired) electrons. The third-order valence-corrected chi connectivity index (χ3v) is 4.95. The van der Waals surface area contributed by atoms with E-state index < -0.39 is 0 Å². The number of aliphatic imine (C=N–C) groups is 1. The van der Waals surface area contributed by atoms with Crippen molar-refractivity contribution in [2.24, 2.45) is 4.99 Å². The van der Waals surface area contributed by atoms with Gasteiger partial charge in [0.2, 0.25) is 0 Å². The summed E-state index contributed by atoms with van der Waals surface area (Å²) in [5.41, 5.74) is 0. The lowest BCUT2D eigenvalue weighted by molar-refractivity contribution is -0.141. The Morgan fingerprint density at radius 1 is 1.33 bits per heavy atom. The summed E-state index contributed by atoms with van der Waals surface area (Å²) < 4.78 is 4.98. The van der Waals surface area contributed by atoms with Crippen LogP contribution in [0.1, 0.15) is 58.8 Å². The minimum Gasteiger partial charge on any atom is -0.466 e. The van der Waals surface area contributed by atoms with Gasteiger partial charge < -0.3 is 15.0 Å². The Kier molecular flexibility index (Phi) is 4.36. The normalized spacial score (nSPS) is 34.0. The first-order chi connectivity index (χ1) is 10.1. The van der Waals surface area contributed by atoms with Crippen LogP contribution >= 0.6 is 0 Å². The number of rotatable bonds is 5. The Bertz CT molecular complexity index is 424. The van der Waals surface area contributed by atoms with Gasteiger partial charge in [-0.25, -0.2) is 4.99 Å². The molecule has 2 fully saturated rings. The highest BCUT2D eigenvalue weighted by atomic mass is 16.5. The van der Waals surface area contributed by atoms with E-state index in [0.29, 0.717) is 24.7 Å². The van der Waals surface area contributed by atoms with Crippen LogP contribution < -0.4 is 5.32 Å². The molecule has 0 amide bonds. The minimum atomic E-state index is -0.180. The minimum absolute atomic E-state index is 0.180. The van der Waals surface area contributed by atoms with Crippen LogP contribution in [0.5, 0.6) is 0 Å². The van der Waals surface area contributed by atoms with Gasteiger partial charge >= 0.3 is 5.97 Å². The van der Waals surface area contributed by atoms with E-state index in [9.17, 15) is 4.79 Å².